The summed E-state index contributed by atoms with van der Waals surface area (Å²) in [6.45, 7) is 3.90. The number of halogens is 2. The number of methoxy groups -OCH3 is 1. The number of fused-ring (bicyclic) bond motifs is 1. The van der Waals surface area contributed by atoms with Crippen molar-refractivity contribution in [2.45, 2.75) is 19.8 Å². The molecule has 128 valence electrons. The first-order valence-electron chi connectivity index (χ1n) is 7.33. The quantitative estimate of drug-likeness (QED) is 0.782. The molecule has 5 nitrogen and oxygen atoms in total. The molecule has 1 fully saturated rings. The van der Waals surface area contributed by atoms with Gasteiger partial charge in [0, 0.05) is 24.0 Å². The van der Waals surface area contributed by atoms with Crippen molar-refractivity contribution in [2.24, 2.45) is 5.92 Å². The highest BCUT2D eigenvalue weighted by molar-refractivity contribution is 9.10. The van der Waals surface area contributed by atoms with E-state index in [-0.39, 0.29) is 30.1 Å². The fourth-order valence-electron chi connectivity index (χ4n) is 2.40. The van der Waals surface area contributed by atoms with Gasteiger partial charge in [0.25, 0.3) is 0 Å². The van der Waals surface area contributed by atoms with Gasteiger partial charge in [-0.05, 0) is 31.0 Å². The molecule has 1 heterocycles. The third-order valence-corrected chi connectivity index (χ3v) is 4.13. The van der Waals surface area contributed by atoms with E-state index in [4.69, 9.17) is 9.47 Å². The van der Waals surface area contributed by atoms with Gasteiger partial charge in [0.05, 0.1) is 25.2 Å². The maximum Gasteiger partial charge on any atom is 0.311 e. The van der Waals surface area contributed by atoms with Gasteiger partial charge in [0.1, 0.15) is 5.75 Å². The highest BCUT2D eigenvalue weighted by Crippen LogP contribution is 2.33. The second-order valence-electron chi connectivity index (χ2n) is 5.17. The van der Waals surface area contributed by atoms with Crippen molar-refractivity contribution in [3.8, 4) is 5.75 Å². The zero-order valence-corrected chi connectivity index (χ0v) is 15.6. The molecular weight excluding hydrogens is 386 g/mol. The van der Waals surface area contributed by atoms with Crippen LogP contribution < -0.4 is 10.1 Å². The van der Waals surface area contributed by atoms with Crippen LogP contribution in [0.15, 0.2) is 16.6 Å². The highest BCUT2D eigenvalue weighted by Gasteiger charge is 2.25. The number of ether oxygens (including phenoxy) is 2. The maximum atomic E-state index is 11.5. The van der Waals surface area contributed by atoms with Gasteiger partial charge in [-0.15, -0.1) is 12.4 Å². The number of rotatable bonds is 3. The average molecular weight is 407 g/mol. The van der Waals surface area contributed by atoms with Gasteiger partial charge in [-0.2, -0.15) is 0 Å². The van der Waals surface area contributed by atoms with Crippen molar-refractivity contribution in [1.29, 1.82) is 0 Å². The van der Waals surface area contributed by atoms with Gasteiger partial charge in [-0.1, -0.05) is 15.9 Å². The number of ketones is 1. The van der Waals surface area contributed by atoms with Crippen LogP contribution in [0, 0.1) is 5.92 Å². The Bertz CT molecular complexity index is 575. The van der Waals surface area contributed by atoms with Gasteiger partial charge in [-0.25, -0.2) is 0 Å². The van der Waals surface area contributed by atoms with Crippen LogP contribution in [0.25, 0.3) is 0 Å². The zero-order chi connectivity index (χ0) is 16.1. The van der Waals surface area contributed by atoms with Crippen LogP contribution in [-0.2, 0) is 16.0 Å². The van der Waals surface area contributed by atoms with Crippen LogP contribution in [0.1, 0.15) is 29.3 Å². The Morgan fingerprint density at radius 2 is 2.04 bits per heavy atom. The monoisotopic (exact) mass is 405 g/mol. The molecule has 0 saturated carbocycles. The topological polar surface area (TPSA) is 64.6 Å². The van der Waals surface area contributed by atoms with Crippen LogP contribution >= 0.6 is 28.3 Å². The summed E-state index contributed by atoms with van der Waals surface area (Å²) < 4.78 is 10.9. The second kappa shape index (κ2) is 9.25. The average Bonchev–Trinajstić information content (AvgIpc) is 2.78. The van der Waals surface area contributed by atoms with Crippen molar-refractivity contribution in [1.82, 2.24) is 5.32 Å². The smallest absolute Gasteiger partial charge is 0.311 e. The number of benzene rings is 1. The molecule has 23 heavy (non-hydrogen) atoms. The van der Waals surface area contributed by atoms with E-state index in [1.54, 1.807) is 7.11 Å². The summed E-state index contributed by atoms with van der Waals surface area (Å²) in [5.41, 5.74) is 1.86. The minimum absolute atomic E-state index is 0. The number of hydrogen-bond acceptors (Lipinski definition) is 5. The molecular formula is C16H21BrClNO4. The number of Topliss-reactive ketones (excluding diaryl/α,β-unsaturated/α-hetero) is 1. The third kappa shape index (κ3) is 4.93. The van der Waals surface area contributed by atoms with Gasteiger partial charge in [0.2, 0.25) is 0 Å². The summed E-state index contributed by atoms with van der Waals surface area (Å²) in [5.74, 6) is 0.951. The molecule has 0 atom stereocenters. The van der Waals surface area contributed by atoms with Crippen LogP contribution in [0.5, 0.6) is 5.75 Å². The first kappa shape index (κ1) is 19.9. The summed E-state index contributed by atoms with van der Waals surface area (Å²) in [6, 6.07) is 3.82. The normalized spacial score (nSPS) is 15.5. The summed E-state index contributed by atoms with van der Waals surface area (Å²) in [6.07, 6.45) is 1.45. The lowest BCUT2D eigenvalue weighted by atomic mass is 10.0. The highest BCUT2D eigenvalue weighted by atomic mass is 79.9. The molecule has 0 bridgehead atoms. The fraction of sp³-hybridized carbons (Fsp3) is 0.500. The maximum absolute atomic E-state index is 11.5. The minimum atomic E-state index is -0.0590. The molecule has 1 aromatic rings. The Morgan fingerprint density at radius 3 is 2.57 bits per heavy atom. The SMILES string of the molecule is CCOC(=O)C1CNC1.COc1cc(Br)cc2c1C(=O)CC2.Cl. The van der Waals surface area contributed by atoms with Crippen molar-refractivity contribution >= 4 is 40.1 Å². The molecule has 7 heteroatoms. The summed E-state index contributed by atoms with van der Waals surface area (Å²) in [7, 11) is 1.59. The lowest BCUT2D eigenvalue weighted by Crippen LogP contribution is -2.47. The number of aryl methyl sites for hydroxylation is 1. The molecule has 1 N–H and O–H groups in total. The number of carbonyl (C=O) groups is 2. The second-order valence-corrected chi connectivity index (χ2v) is 6.09. The van der Waals surface area contributed by atoms with Crippen LogP contribution in [0.2, 0.25) is 0 Å². The van der Waals surface area contributed by atoms with E-state index < -0.39 is 0 Å². The molecule has 1 aromatic carbocycles. The van der Waals surface area contributed by atoms with E-state index in [1.165, 1.54) is 0 Å². The van der Waals surface area contributed by atoms with Gasteiger partial charge in [-0.3, -0.25) is 9.59 Å². The van der Waals surface area contributed by atoms with Crippen molar-refractivity contribution in [2.75, 3.05) is 26.8 Å². The van der Waals surface area contributed by atoms with Crippen LogP contribution in [0.3, 0.4) is 0 Å². The number of hydrogen-bond donors (Lipinski definition) is 1. The minimum Gasteiger partial charge on any atom is -0.496 e. The van der Waals surface area contributed by atoms with E-state index in [9.17, 15) is 9.59 Å². The predicted molar refractivity (Wildman–Crippen MR) is 93.6 cm³/mol. The van der Waals surface area contributed by atoms with E-state index in [0.717, 1.165) is 35.1 Å². The first-order valence-corrected chi connectivity index (χ1v) is 8.13. The van der Waals surface area contributed by atoms with E-state index in [2.05, 4.69) is 21.2 Å². The molecule has 0 aromatic heterocycles. The number of carbonyl (C=O) groups excluding carboxylic acids is 2. The molecule has 1 saturated heterocycles. The summed E-state index contributed by atoms with van der Waals surface area (Å²) >= 11 is 3.39. The summed E-state index contributed by atoms with van der Waals surface area (Å²) in [5, 5.41) is 3.00. The standard InChI is InChI=1S/C10H9BrO2.C6H11NO2.ClH/c1-13-9-5-7(11)4-6-2-3-8(12)10(6)9;1-2-9-6(8)5-3-7-4-5;/h4-5H,2-3H2,1H3;5,7H,2-4H2,1H3;1H. The Kier molecular flexibility index (Phi) is 8.02. The van der Waals surface area contributed by atoms with Crippen LogP contribution in [-0.4, -0.2) is 38.6 Å². The molecule has 0 radical (unpaired) electrons. The van der Waals surface area contributed by atoms with E-state index >= 15 is 0 Å². The lowest BCUT2D eigenvalue weighted by Gasteiger charge is -2.24. The van der Waals surface area contributed by atoms with Gasteiger partial charge < -0.3 is 14.8 Å². The molecule has 0 unspecified atom stereocenters. The van der Waals surface area contributed by atoms with Gasteiger partial charge in [0.15, 0.2) is 5.78 Å². The third-order valence-electron chi connectivity index (χ3n) is 3.67. The van der Waals surface area contributed by atoms with E-state index in [0.29, 0.717) is 18.8 Å². The number of nitrogens with one attached hydrogen (secondary N) is 1. The van der Waals surface area contributed by atoms with Crippen molar-refractivity contribution < 1.29 is 19.1 Å². The lowest BCUT2D eigenvalue weighted by molar-refractivity contribution is -0.149. The molecule has 1 aliphatic carbocycles. The van der Waals surface area contributed by atoms with Crippen molar-refractivity contribution in [3.63, 3.8) is 0 Å². The summed E-state index contributed by atoms with van der Waals surface area (Å²) in [4.78, 5) is 22.2. The Labute approximate surface area is 150 Å². The fourth-order valence-corrected chi connectivity index (χ4v) is 2.88. The van der Waals surface area contributed by atoms with Gasteiger partial charge >= 0.3 is 5.97 Å². The van der Waals surface area contributed by atoms with E-state index in [1.807, 2.05) is 19.1 Å². The number of esters is 1. The molecule has 2 aliphatic rings. The molecule has 0 amide bonds. The Hall–Kier alpha value is -1.11. The Balaban J connectivity index is 0.000000235. The molecule has 0 spiro atoms. The van der Waals surface area contributed by atoms with Crippen LogP contribution in [0.4, 0.5) is 0 Å². The Morgan fingerprint density at radius 1 is 1.35 bits per heavy atom. The first-order chi connectivity index (χ1) is 10.6. The van der Waals surface area contributed by atoms with Crippen molar-refractivity contribution in [3.05, 3.63) is 27.7 Å². The largest absolute Gasteiger partial charge is 0.496 e. The zero-order valence-electron chi connectivity index (χ0n) is 13.2. The molecule has 3 rings (SSSR count). The molecule has 1 aliphatic heterocycles. The predicted octanol–water partition coefficient (Wildman–Crippen LogP) is 2.78.